The van der Waals surface area contributed by atoms with Crippen LogP contribution < -0.4 is 4.74 Å². The molecule has 1 aromatic carbocycles. The van der Waals surface area contributed by atoms with Gasteiger partial charge in [0.05, 0.1) is 12.7 Å². The van der Waals surface area contributed by atoms with Crippen LogP contribution in [0.5, 0.6) is 5.75 Å². The molecule has 1 aromatic heterocycles. The van der Waals surface area contributed by atoms with Crippen LogP contribution in [0.4, 0.5) is 0 Å². The van der Waals surface area contributed by atoms with Crippen molar-refractivity contribution in [2.24, 2.45) is 0 Å². The lowest BCUT2D eigenvalue weighted by atomic mass is 10.2. The number of nitrogens with zero attached hydrogens (tertiary/aromatic N) is 1. The Hall–Kier alpha value is -2.45. The van der Waals surface area contributed by atoms with E-state index in [4.69, 9.17) is 26.0 Å². The number of rotatable bonds is 4. The summed E-state index contributed by atoms with van der Waals surface area (Å²) in [5, 5.41) is 9.51. The van der Waals surface area contributed by atoms with E-state index in [0.717, 1.165) is 0 Å². The number of hydrogen-bond acceptors (Lipinski definition) is 5. The van der Waals surface area contributed by atoms with Gasteiger partial charge in [-0.2, -0.15) is 5.26 Å². The van der Waals surface area contributed by atoms with Crippen LogP contribution in [0.2, 0.25) is 5.02 Å². The summed E-state index contributed by atoms with van der Waals surface area (Å²) in [4.78, 5) is 11.3. The van der Waals surface area contributed by atoms with Crippen molar-refractivity contribution in [2.75, 3.05) is 7.11 Å². The second kappa shape index (κ2) is 6.33. The van der Waals surface area contributed by atoms with Gasteiger partial charge < -0.3 is 13.9 Å². The highest BCUT2D eigenvalue weighted by Gasteiger charge is 2.17. The van der Waals surface area contributed by atoms with E-state index in [1.165, 1.54) is 13.2 Å². The van der Waals surface area contributed by atoms with Crippen molar-refractivity contribution >= 4 is 17.6 Å². The quantitative estimate of drug-likeness (QED) is 0.805. The lowest BCUT2D eigenvalue weighted by Crippen LogP contribution is -2.04. The van der Waals surface area contributed by atoms with Gasteiger partial charge in [-0.25, -0.2) is 4.79 Å². The Bertz CT molecular complexity index is 702. The van der Waals surface area contributed by atoms with Crippen molar-refractivity contribution in [1.82, 2.24) is 0 Å². The number of benzene rings is 1. The predicted molar refractivity (Wildman–Crippen MR) is 75.3 cm³/mol. The maximum absolute atomic E-state index is 11.3. The SMILES string of the molecule is COC(=O)c1ccc(C(C)Oc2cc(Cl)ccc2C#N)o1. The molecule has 0 saturated heterocycles. The molecule has 0 aliphatic carbocycles. The number of ether oxygens (including phenoxy) is 2. The maximum Gasteiger partial charge on any atom is 0.373 e. The Morgan fingerprint density at radius 1 is 1.38 bits per heavy atom. The van der Waals surface area contributed by atoms with Crippen LogP contribution in [-0.2, 0) is 4.74 Å². The van der Waals surface area contributed by atoms with Gasteiger partial charge in [0.25, 0.3) is 0 Å². The van der Waals surface area contributed by atoms with Crippen LogP contribution in [0.15, 0.2) is 34.7 Å². The molecule has 1 heterocycles. The molecule has 0 fully saturated rings. The van der Waals surface area contributed by atoms with Crippen LogP contribution in [0.1, 0.15) is 34.9 Å². The fourth-order valence-electron chi connectivity index (χ4n) is 1.72. The number of nitriles is 1. The minimum Gasteiger partial charge on any atom is -0.481 e. The smallest absolute Gasteiger partial charge is 0.373 e. The average Bonchev–Trinajstić information content (AvgIpc) is 2.96. The lowest BCUT2D eigenvalue weighted by molar-refractivity contribution is 0.0558. The normalized spacial score (nSPS) is 11.5. The molecule has 1 unspecified atom stereocenters. The molecule has 0 spiro atoms. The van der Waals surface area contributed by atoms with Crippen molar-refractivity contribution in [3.05, 3.63) is 52.4 Å². The highest BCUT2D eigenvalue weighted by Crippen LogP contribution is 2.28. The van der Waals surface area contributed by atoms with Gasteiger partial charge in [-0.1, -0.05) is 11.6 Å². The summed E-state index contributed by atoms with van der Waals surface area (Å²) in [5.74, 6) is 0.330. The van der Waals surface area contributed by atoms with Gasteiger partial charge in [0, 0.05) is 11.1 Å². The van der Waals surface area contributed by atoms with Gasteiger partial charge in [0.2, 0.25) is 5.76 Å². The first-order valence-electron chi connectivity index (χ1n) is 6.09. The highest BCUT2D eigenvalue weighted by molar-refractivity contribution is 6.30. The fourth-order valence-corrected chi connectivity index (χ4v) is 1.88. The minimum absolute atomic E-state index is 0.0922. The highest BCUT2D eigenvalue weighted by atomic mass is 35.5. The topological polar surface area (TPSA) is 72.5 Å². The molecule has 0 aliphatic rings. The number of methoxy groups -OCH3 is 1. The predicted octanol–water partition coefficient (Wildman–Crippen LogP) is 3.73. The Morgan fingerprint density at radius 2 is 2.14 bits per heavy atom. The lowest BCUT2D eigenvalue weighted by Gasteiger charge is -2.13. The number of carbonyl (C=O) groups excluding carboxylic acids is 1. The average molecular weight is 306 g/mol. The van der Waals surface area contributed by atoms with Crippen molar-refractivity contribution in [3.63, 3.8) is 0 Å². The van der Waals surface area contributed by atoms with E-state index in [1.54, 1.807) is 31.2 Å². The van der Waals surface area contributed by atoms with Crippen LogP contribution in [0, 0.1) is 11.3 Å². The summed E-state index contributed by atoms with van der Waals surface area (Å²) in [6, 6.07) is 9.89. The van der Waals surface area contributed by atoms with E-state index in [2.05, 4.69) is 4.74 Å². The Kier molecular flexibility index (Phi) is 4.51. The molecule has 0 bridgehead atoms. The first kappa shape index (κ1) is 14.9. The molecule has 0 N–H and O–H groups in total. The third-order valence-electron chi connectivity index (χ3n) is 2.78. The molecule has 2 rings (SSSR count). The largest absolute Gasteiger partial charge is 0.481 e. The molecule has 0 radical (unpaired) electrons. The molecule has 1 atom stereocenters. The van der Waals surface area contributed by atoms with E-state index in [0.29, 0.717) is 22.1 Å². The zero-order valence-corrected chi connectivity index (χ0v) is 12.2. The third kappa shape index (κ3) is 3.36. The van der Waals surface area contributed by atoms with E-state index in [1.807, 2.05) is 6.07 Å². The minimum atomic E-state index is -0.561. The first-order valence-corrected chi connectivity index (χ1v) is 6.47. The summed E-state index contributed by atoms with van der Waals surface area (Å²) in [7, 11) is 1.27. The van der Waals surface area contributed by atoms with E-state index >= 15 is 0 Å². The number of esters is 1. The van der Waals surface area contributed by atoms with Crippen molar-refractivity contribution < 1.29 is 18.7 Å². The molecular formula is C15H12ClNO4. The van der Waals surface area contributed by atoms with E-state index < -0.39 is 12.1 Å². The number of carbonyl (C=O) groups is 1. The van der Waals surface area contributed by atoms with Crippen molar-refractivity contribution in [3.8, 4) is 11.8 Å². The molecular weight excluding hydrogens is 294 g/mol. The van der Waals surface area contributed by atoms with Crippen molar-refractivity contribution in [2.45, 2.75) is 13.0 Å². The fraction of sp³-hybridized carbons (Fsp3) is 0.200. The van der Waals surface area contributed by atoms with Crippen molar-refractivity contribution in [1.29, 1.82) is 5.26 Å². The zero-order chi connectivity index (χ0) is 15.4. The summed E-state index contributed by atoms with van der Waals surface area (Å²) in [6.45, 7) is 1.74. The van der Waals surface area contributed by atoms with Gasteiger partial charge in [0.1, 0.15) is 17.6 Å². The van der Waals surface area contributed by atoms with Gasteiger partial charge in [-0.05, 0) is 31.2 Å². The first-order chi connectivity index (χ1) is 10.0. The second-order valence-electron chi connectivity index (χ2n) is 4.21. The summed E-state index contributed by atoms with van der Waals surface area (Å²) < 4.78 is 15.6. The van der Waals surface area contributed by atoms with Gasteiger partial charge in [0.15, 0.2) is 6.10 Å². The molecule has 2 aromatic rings. The molecule has 6 heteroatoms. The molecule has 0 saturated carbocycles. The Balaban J connectivity index is 2.20. The van der Waals surface area contributed by atoms with Crippen LogP contribution in [0.25, 0.3) is 0 Å². The third-order valence-corrected chi connectivity index (χ3v) is 3.02. The Morgan fingerprint density at radius 3 is 2.81 bits per heavy atom. The number of halogens is 1. The number of furan rings is 1. The van der Waals surface area contributed by atoms with E-state index in [9.17, 15) is 4.79 Å². The number of hydrogen-bond donors (Lipinski definition) is 0. The standard InChI is InChI=1S/C15H12ClNO4/c1-9(12-5-6-13(21-12)15(18)19-2)20-14-7-11(16)4-3-10(14)8-17/h3-7,9H,1-2H3. The van der Waals surface area contributed by atoms with Crippen LogP contribution in [-0.4, -0.2) is 13.1 Å². The second-order valence-corrected chi connectivity index (χ2v) is 4.64. The molecule has 0 amide bonds. The molecule has 108 valence electrons. The van der Waals surface area contributed by atoms with Gasteiger partial charge in [-0.3, -0.25) is 0 Å². The summed E-state index contributed by atoms with van der Waals surface area (Å²) in [5.41, 5.74) is 0.367. The Labute approximate surface area is 126 Å². The zero-order valence-electron chi connectivity index (χ0n) is 11.4. The van der Waals surface area contributed by atoms with Gasteiger partial charge in [-0.15, -0.1) is 0 Å². The molecule has 5 nitrogen and oxygen atoms in total. The molecule has 0 aliphatic heterocycles. The van der Waals surface area contributed by atoms with Crippen LogP contribution >= 0.6 is 11.6 Å². The van der Waals surface area contributed by atoms with Gasteiger partial charge >= 0.3 is 5.97 Å². The van der Waals surface area contributed by atoms with E-state index in [-0.39, 0.29) is 5.76 Å². The summed E-state index contributed by atoms with van der Waals surface area (Å²) in [6.07, 6.45) is -0.492. The van der Waals surface area contributed by atoms with Crippen LogP contribution in [0.3, 0.4) is 0 Å². The monoisotopic (exact) mass is 305 g/mol. The maximum atomic E-state index is 11.3. The summed E-state index contributed by atoms with van der Waals surface area (Å²) >= 11 is 5.89. The molecule has 21 heavy (non-hydrogen) atoms.